The predicted molar refractivity (Wildman–Crippen MR) is 84.8 cm³/mol. The van der Waals surface area contributed by atoms with Crippen LogP contribution in [-0.2, 0) is 0 Å². The van der Waals surface area contributed by atoms with Crippen LogP contribution in [0.15, 0.2) is 22.7 Å². The molecule has 0 fully saturated rings. The minimum Gasteiger partial charge on any atom is -0.308 e. The van der Waals surface area contributed by atoms with Gasteiger partial charge in [0.05, 0.1) is 6.04 Å². The normalized spacial score (nSPS) is 12.6. The van der Waals surface area contributed by atoms with Crippen LogP contribution in [-0.4, -0.2) is 16.7 Å². The molecule has 3 nitrogen and oxygen atoms in total. The lowest BCUT2D eigenvalue weighted by Gasteiger charge is -2.08. The summed E-state index contributed by atoms with van der Waals surface area (Å²) in [5, 5.41) is 14.5. The molecule has 2 aromatic rings. The van der Waals surface area contributed by atoms with Gasteiger partial charge in [-0.3, -0.25) is 0 Å². The Hall–Kier alpha value is -0.490. The maximum Gasteiger partial charge on any atom is 0.147 e. The van der Waals surface area contributed by atoms with Crippen LogP contribution in [0.25, 0.3) is 10.6 Å². The van der Waals surface area contributed by atoms with Crippen molar-refractivity contribution < 1.29 is 0 Å². The Kier molecular flexibility index (Phi) is 5.33. The van der Waals surface area contributed by atoms with E-state index in [0.29, 0.717) is 5.02 Å². The molecular formula is C13H15BrClN3S. The smallest absolute Gasteiger partial charge is 0.147 e. The molecule has 0 amide bonds. The molecule has 1 N–H and O–H groups in total. The fourth-order valence-corrected chi connectivity index (χ4v) is 3.37. The summed E-state index contributed by atoms with van der Waals surface area (Å²) in [5.41, 5.74) is 0.991. The van der Waals surface area contributed by atoms with Crippen molar-refractivity contribution in [3.05, 3.63) is 32.7 Å². The van der Waals surface area contributed by atoms with E-state index >= 15 is 0 Å². The maximum atomic E-state index is 6.05. The van der Waals surface area contributed by atoms with Crippen LogP contribution in [0.5, 0.6) is 0 Å². The van der Waals surface area contributed by atoms with Crippen LogP contribution in [0.3, 0.4) is 0 Å². The largest absolute Gasteiger partial charge is 0.308 e. The molecule has 102 valence electrons. The first-order valence-corrected chi connectivity index (χ1v) is 8.12. The highest BCUT2D eigenvalue weighted by atomic mass is 79.9. The fourth-order valence-electron chi connectivity index (χ4n) is 1.65. The van der Waals surface area contributed by atoms with E-state index in [1.165, 1.54) is 0 Å². The van der Waals surface area contributed by atoms with E-state index in [-0.39, 0.29) is 6.04 Å². The van der Waals surface area contributed by atoms with Crippen molar-refractivity contribution >= 4 is 38.9 Å². The van der Waals surface area contributed by atoms with Crippen LogP contribution in [0.4, 0.5) is 0 Å². The summed E-state index contributed by atoms with van der Waals surface area (Å²) in [4.78, 5) is 0. The minimum atomic E-state index is 0.230. The van der Waals surface area contributed by atoms with Crippen LogP contribution in [0.2, 0.25) is 5.02 Å². The topological polar surface area (TPSA) is 37.8 Å². The number of rotatable bonds is 5. The summed E-state index contributed by atoms with van der Waals surface area (Å²) in [5.74, 6) is 0. The Morgan fingerprint density at radius 3 is 2.84 bits per heavy atom. The Morgan fingerprint density at radius 2 is 2.16 bits per heavy atom. The van der Waals surface area contributed by atoms with Gasteiger partial charge in [0.25, 0.3) is 0 Å². The van der Waals surface area contributed by atoms with Crippen molar-refractivity contribution in [2.24, 2.45) is 0 Å². The van der Waals surface area contributed by atoms with Crippen molar-refractivity contribution in [2.45, 2.75) is 26.3 Å². The monoisotopic (exact) mass is 359 g/mol. The first-order chi connectivity index (χ1) is 9.10. The molecule has 1 aromatic carbocycles. The van der Waals surface area contributed by atoms with E-state index in [0.717, 1.165) is 33.0 Å². The molecule has 6 heteroatoms. The van der Waals surface area contributed by atoms with Crippen LogP contribution in [0, 0.1) is 0 Å². The van der Waals surface area contributed by atoms with Gasteiger partial charge in [-0.25, -0.2) is 0 Å². The molecule has 0 bridgehead atoms. The summed E-state index contributed by atoms with van der Waals surface area (Å²) in [6.45, 7) is 5.24. The van der Waals surface area contributed by atoms with Gasteiger partial charge < -0.3 is 5.32 Å². The molecule has 1 aromatic heterocycles. The Bertz CT molecular complexity index is 538. The second-order valence-corrected chi connectivity index (χ2v) is 6.64. The quantitative estimate of drug-likeness (QED) is 0.841. The van der Waals surface area contributed by atoms with E-state index in [1.807, 2.05) is 18.2 Å². The van der Waals surface area contributed by atoms with Crippen LogP contribution >= 0.6 is 38.9 Å². The summed E-state index contributed by atoms with van der Waals surface area (Å²) in [7, 11) is 0. The number of hydrogen-bond donors (Lipinski definition) is 1. The number of halogens is 2. The molecule has 0 aliphatic carbocycles. The fraction of sp³-hybridized carbons (Fsp3) is 0.385. The maximum absolute atomic E-state index is 6.05. The summed E-state index contributed by atoms with van der Waals surface area (Å²) in [6.07, 6.45) is 1.11. The Labute approximate surface area is 130 Å². The van der Waals surface area contributed by atoms with Gasteiger partial charge in [0.1, 0.15) is 10.0 Å². The predicted octanol–water partition coefficient (Wildman–Crippen LogP) is 4.68. The highest BCUT2D eigenvalue weighted by molar-refractivity contribution is 9.10. The highest BCUT2D eigenvalue weighted by Gasteiger charge is 2.13. The van der Waals surface area contributed by atoms with Crippen molar-refractivity contribution in [1.82, 2.24) is 15.5 Å². The average molecular weight is 361 g/mol. The number of nitrogens with one attached hydrogen (secondary N) is 1. The lowest BCUT2D eigenvalue weighted by atomic mass is 10.2. The van der Waals surface area contributed by atoms with Gasteiger partial charge in [-0.05, 0) is 38.1 Å². The number of nitrogens with zero attached hydrogens (tertiary/aromatic N) is 2. The first-order valence-electron chi connectivity index (χ1n) is 6.13. The molecule has 19 heavy (non-hydrogen) atoms. The number of hydrogen-bond acceptors (Lipinski definition) is 4. The standard InChI is InChI=1S/C13H15BrClN3S/c1-3-4-16-8(2)12-17-18-13(19-12)9-5-10(14)7-11(15)6-9/h5-8,16H,3-4H2,1-2H3. The van der Waals surface area contributed by atoms with Crippen molar-refractivity contribution in [3.63, 3.8) is 0 Å². The van der Waals surface area contributed by atoms with E-state index in [2.05, 4.69) is 45.3 Å². The molecule has 0 aliphatic heterocycles. The van der Waals surface area contributed by atoms with Crippen molar-refractivity contribution in [1.29, 1.82) is 0 Å². The molecule has 2 rings (SSSR count). The van der Waals surface area contributed by atoms with Gasteiger partial charge in [0, 0.05) is 15.1 Å². The van der Waals surface area contributed by atoms with Crippen LogP contribution in [0.1, 0.15) is 31.3 Å². The summed E-state index contributed by atoms with van der Waals surface area (Å²) in [6, 6.07) is 5.99. The summed E-state index contributed by atoms with van der Waals surface area (Å²) >= 11 is 11.1. The lowest BCUT2D eigenvalue weighted by molar-refractivity contribution is 0.564. The Morgan fingerprint density at radius 1 is 1.37 bits per heavy atom. The molecule has 1 heterocycles. The Balaban J connectivity index is 2.20. The molecule has 1 atom stereocenters. The van der Waals surface area contributed by atoms with Gasteiger partial charge >= 0.3 is 0 Å². The van der Waals surface area contributed by atoms with Gasteiger partial charge in [-0.1, -0.05) is 45.8 Å². The molecule has 0 aliphatic rings. The lowest BCUT2D eigenvalue weighted by Crippen LogP contribution is -2.18. The molecule has 0 radical (unpaired) electrons. The third-order valence-corrected chi connectivity index (χ3v) is 4.45. The van der Waals surface area contributed by atoms with Gasteiger partial charge in [0.2, 0.25) is 0 Å². The molecule has 0 saturated heterocycles. The molecule has 0 spiro atoms. The highest BCUT2D eigenvalue weighted by Crippen LogP contribution is 2.31. The van der Waals surface area contributed by atoms with Crippen molar-refractivity contribution in [2.75, 3.05) is 6.54 Å². The van der Waals surface area contributed by atoms with E-state index in [9.17, 15) is 0 Å². The van der Waals surface area contributed by atoms with E-state index in [4.69, 9.17) is 11.6 Å². The van der Waals surface area contributed by atoms with E-state index < -0.39 is 0 Å². The van der Waals surface area contributed by atoms with Gasteiger partial charge in [-0.2, -0.15) is 0 Å². The van der Waals surface area contributed by atoms with Crippen molar-refractivity contribution in [3.8, 4) is 10.6 Å². The zero-order chi connectivity index (χ0) is 13.8. The van der Waals surface area contributed by atoms with Gasteiger partial charge in [0.15, 0.2) is 0 Å². The molecular weight excluding hydrogens is 346 g/mol. The second kappa shape index (κ2) is 6.79. The second-order valence-electron chi connectivity index (χ2n) is 4.28. The summed E-state index contributed by atoms with van der Waals surface area (Å²) < 4.78 is 0.948. The molecule has 1 unspecified atom stereocenters. The van der Waals surface area contributed by atoms with E-state index in [1.54, 1.807) is 11.3 Å². The number of benzene rings is 1. The average Bonchev–Trinajstić information content (AvgIpc) is 2.84. The minimum absolute atomic E-state index is 0.230. The SMILES string of the molecule is CCCNC(C)c1nnc(-c2cc(Cl)cc(Br)c2)s1. The van der Waals surface area contributed by atoms with Crippen LogP contribution < -0.4 is 5.32 Å². The molecule has 0 saturated carbocycles. The first kappa shape index (κ1) is 14.9. The van der Waals surface area contributed by atoms with Gasteiger partial charge in [-0.15, -0.1) is 10.2 Å². The zero-order valence-electron chi connectivity index (χ0n) is 10.8. The number of aromatic nitrogens is 2. The third kappa shape index (κ3) is 3.99. The third-order valence-electron chi connectivity index (χ3n) is 2.62. The zero-order valence-corrected chi connectivity index (χ0v) is 13.9.